The van der Waals surface area contributed by atoms with Crippen LogP contribution in [0.15, 0.2) is 18.2 Å². The van der Waals surface area contributed by atoms with E-state index in [1.165, 1.54) is 24.1 Å². The molecule has 1 fully saturated rings. The Kier molecular flexibility index (Phi) is 5.43. The average Bonchev–Trinajstić information content (AvgIpc) is 2.56. The number of nitrogens with zero attached hydrogens (tertiary/aromatic N) is 1. The summed E-state index contributed by atoms with van der Waals surface area (Å²) in [5, 5.41) is 19.8. The number of ether oxygens (including phenoxy) is 1. The largest absolute Gasteiger partial charge is 0.494 e. The fourth-order valence-electron chi connectivity index (χ4n) is 3.24. The van der Waals surface area contributed by atoms with Gasteiger partial charge in [-0.15, -0.1) is 0 Å². The molecule has 1 aromatic carbocycles. The van der Waals surface area contributed by atoms with Gasteiger partial charge in [0.1, 0.15) is 5.41 Å². The van der Waals surface area contributed by atoms with Gasteiger partial charge in [-0.2, -0.15) is 0 Å². The standard InChI is InChI=1S/C17H22FNO5/c1-3-7-17(16(22)23)10-19(8-6-14(17)20)15(21)11-4-5-12(18)13(9-11)24-2/h4-5,9,14,20H,3,6-8,10H2,1-2H3,(H,22,23)/t14-,17+/m0/s1. The molecule has 6 nitrogen and oxygen atoms in total. The maximum Gasteiger partial charge on any atom is 0.314 e. The summed E-state index contributed by atoms with van der Waals surface area (Å²) >= 11 is 0. The number of amides is 1. The first-order valence-corrected chi connectivity index (χ1v) is 7.90. The highest BCUT2D eigenvalue weighted by Gasteiger charge is 2.49. The third-order valence-corrected chi connectivity index (χ3v) is 4.59. The number of hydrogen-bond donors (Lipinski definition) is 2. The van der Waals surface area contributed by atoms with Crippen LogP contribution < -0.4 is 4.74 Å². The molecule has 0 spiro atoms. The molecular formula is C17H22FNO5. The molecule has 1 aromatic rings. The summed E-state index contributed by atoms with van der Waals surface area (Å²) in [5.41, 5.74) is -1.15. The van der Waals surface area contributed by atoms with Gasteiger partial charge >= 0.3 is 5.97 Å². The zero-order valence-corrected chi connectivity index (χ0v) is 13.8. The van der Waals surface area contributed by atoms with Crippen LogP contribution in [0.25, 0.3) is 0 Å². The summed E-state index contributed by atoms with van der Waals surface area (Å²) < 4.78 is 18.4. The summed E-state index contributed by atoms with van der Waals surface area (Å²) in [5.74, 6) is -2.13. The number of likely N-dealkylation sites (tertiary alicyclic amines) is 1. The third-order valence-electron chi connectivity index (χ3n) is 4.59. The molecule has 1 heterocycles. The summed E-state index contributed by atoms with van der Waals surface area (Å²) in [6.07, 6.45) is 0.0494. The second-order valence-electron chi connectivity index (χ2n) is 6.09. The molecule has 1 aliphatic heterocycles. The van der Waals surface area contributed by atoms with Crippen molar-refractivity contribution in [2.24, 2.45) is 5.41 Å². The van der Waals surface area contributed by atoms with Crippen molar-refractivity contribution in [3.63, 3.8) is 0 Å². The maximum atomic E-state index is 13.5. The number of aliphatic hydroxyl groups excluding tert-OH is 1. The lowest BCUT2D eigenvalue weighted by Gasteiger charge is -2.43. The van der Waals surface area contributed by atoms with Crippen molar-refractivity contribution in [1.82, 2.24) is 4.90 Å². The number of methoxy groups -OCH3 is 1. The molecule has 0 radical (unpaired) electrons. The topological polar surface area (TPSA) is 87.1 Å². The predicted molar refractivity (Wildman–Crippen MR) is 84.5 cm³/mol. The van der Waals surface area contributed by atoms with Gasteiger partial charge in [0.05, 0.1) is 13.2 Å². The van der Waals surface area contributed by atoms with Crippen molar-refractivity contribution in [3.8, 4) is 5.75 Å². The average molecular weight is 339 g/mol. The minimum absolute atomic E-state index is 0.0454. The molecule has 24 heavy (non-hydrogen) atoms. The van der Waals surface area contributed by atoms with E-state index in [0.717, 1.165) is 6.07 Å². The number of carbonyl (C=O) groups is 2. The number of piperidine rings is 1. The molecule has 0 saturated carbocycles. The van der Waals surface area contributed by atoms with Crippen LogP contribution >= 0.6 is 0 Å². The second-order valence-corrected chi connectivity index (χ2v) is 6.09. The highest BCUT2D eigenvalue weighted by atomic mass is 19.1. The lowest BCUT2D eigenvalue weighted by Crippen LogP contribution is -2.57. The first-order chi connectivity index (χ1) is 11.4. The normalized spacial score (nSPS) is 23.8. The van der Waals surface area contributed by atoms with Gasteiger partial charge in [-0.3, -0.25) is 9.59 Å². The smallest absolute Gasteiger partial charge is 0.314 e. The van der Waals surface area contributed by atoms with E-state index < -0.39 is 29.2 Å². The van der Waals surface area contributed by atoms with Gasteiger partial charge in [-0.05, 0) is 31.0 Å². The number of benzene rings is 1. The molecule has 1 amide bonds. The van der Waals surface area contributed by atoms with Crippen LogP contribution in [-0.4, -0.2) is 53.3 Å². The fraction of sp³-hybridized carbons (Fsp3) is 0.529. The Balaban J connectivity index is 2.28. The van der Waals surface area contributed by atoms with Crippen LogP contribution in [0.1, 0.15) is 36.5 Å². The van der Waals surface area contributed by atoms with Crippen molar-refractivity contribution < 1.29 is 28.9 Å². The molecule has 2 N–H and O–H groups in total. The highest BCUT2D eigenvalue weighted by molar-refractivity contribution is 5.95. The van der Waals surface area contributed by atoms with Crippen LogP contribution in [0.2, 0.25) is 0 Å². The minimum Gasteiger partial charge on any atom is -0.494 e. The van der Waals surface area contributed by atoms with E-state index in [4.69, 9.17) is 4.74 Å². The fourth-order valence-corrected chi connectivity index (χ4v) is 3.24. The van der Waals surface area contributed by atoms with E-state index in [1.54, 1.807) is 0 Å². The minimum atomic E-state index is -1.37. The van der Waals surface area contributed by atoms with Gasteiger partial charge in [-0.25, -0.2) is 4.39 Å². The zero-order valence-electron chi connectivity index (χ0n) is 13.8. The van der Waals surface area contributed by atoms with Crippen molar-refractivity contribution in [1.29, 1.82) is 0 Å². The first kappa shape index (κ1) is 18.2. The Morgan fingerprint density at radius 2 is 2.17 bits per heavy atom. The van der Waals surface area contributed by atoms with Crippen LogP contribution in [0, 0.1) is 11.2 Å². The van der Waals surface area contributed by atoms with E-state index in [2.05, 4.69) is 0 Å². The number of aliphatic hydroxyl groups is 1. The zero-order chi connectivity index (χ0) is 17.9. The van der Waals surface area contributed by atoms with E-state index >= 15 is 0 Å². The summed E-state index contributed by atoms with van der Waals surface area (Å²) in [6.45, 7) is 2.01. The van der Waals surface area contributed by atoms with Crippen LogP contribution in [0.5, 0.6) is 5.75 Å². The number of rotatable bonds is 5. The van der Waals surface area contributed by atoms with Crippen LogP contribution in [0.4, 0.5) is 4.39 Å². The number of carboxylic acids is 1. The van der Waals surface area contributed by atoms with Gasteiger partial charge in [0.25, 0.3) is 5.91 Å². The number of carbonyl (C=O) groups excluding carboxylic acids is 1. The van der Waals surface area contributed by atoms with E-state index in [-0.39, 0.29) is 37.2 Å². The van der Waals surface area contributed by atoms with E-state index in [1.807, 2.05) is 6.92 Å². The molecule has 2 rings (SSSR count). The third kappa shape index (κ3) is 3.21. The van der Waals surface area contributed by atoms with Crippen molar-refractivity contribution in [2.45, 2.75) is 32.3 Å². The molecule has 7 heteroatoms. The van der Waals surface area contributed by atoms with Crippen LogP contribution in [0.3, 0.4) is 0 Å². The molecule has 1 saturated heterocycles. The van der Waals surface area contributed by atoms with Crippen LogP contribution in [-0.2, 0) is 4.79 Å². The van der Waals surface area contributed by atoms with Gasteiger partial charge < -0.3 is 19.8 Å². The molecule has 0 unspecified atom stereocenters. The number of hydrogen-bond acceptors (Lipinski definition) is 4. The molecule has 0 aliphatic carbocycles. The molecule has 0 bridgehead atoms. The molecular weight excluding hydrogens is 317 g/mol. The Bertz CT molecular complexity index is 635. The number of carboxylic acid groups (broad SMARTS) is 1. The van der Waals surface area contributed by atoms with Crippen molar-refractivity contribution >= 4 is 11.9 Å². The molecule has 1 aliphatic rings. The number of halogens is 1. The predicted octanol–water partition coefficient (Wildman–Crippen LogP) is 1.91. The number of aliphatic carboxylic acids is 1. The molecule has 2 atom stereocenters. The Morgan fingerprint density at radius 1 is 1.46 bits per heavy atom. The highest BCUT2D eigenvalue weighted by Crippen LogP contribution is 2.36. The molecule has 0 aromatic heterocycles. The van der Waals surface area contributed by atoms with Crippen molar-refractivity contribution in [2.75, 3.05) is 20.2 Å². The Hall–Kier alpha value is -2.15. The van der Waals surface area contributed by atoms with Crippen molar-refractivity contribution in [3.05, 3.63) is 29.6 Å². The Labute approximate surface area is 139 Å². The van der Waals surface area contributed by atoms with Gasteiger partial charge in [-0.1, -0.05) is 13.3 Å². The monoisotopic (exact) mass is 339 g/mol. The van der Waals surface area contributed by atoms with E-state index in [9.17, 15) is 24.2 Å². The van der Waals surface area contributed by atoms with Gasteiger partial charge in [0.2, 0.25) is 0 Å². The first-order valence-electron chi connectivity index (χ1n) is 7.90. The lowest BCUT2D eigenvalue weighted by atomic mass is 9.74. The Morgan fingerprint density at radius 3 is 2.75 bits per heavy atom. The maximum absolute atomic E-state index is 13.5. The summed E-state index contributed by atoms with van der Waals surface area (Å²) in [6, 6.07) is 3.78. The van der Waals surface area contributed by atoms with Gasteiger partial charge in [0.15, 0.2) is 11.6 Å². The second kappa shape index (κ2) is 7.17. The lowest BCUT2D eigenvalue weighted by molar-refractivity contribution is -0.162. The van der Waals surface area contributed by atoms with Gasteiger partial charge in [0, 0.05) is 18.7 Å². The SMILES string of the molecule is CCC[C@@]1(C(=O)O)CN(C(=O)c2ccc(F)c(OC)c2)CC[C@@H]1O. The summed E-state index contributed by atoms with van der Waals surface area (Å²) in [7, 11) is 1.31. The molecule has 132 valence electrons. The van der Waals surface area contributed by atoms with E-state index in [0.29, 0.717) is 6.42 Å². The quantitative estimate of drug-likeness (QED) is 0.856. The summed E-state index contributed by atoms with van der Waals surface area (Å²) in [4.78, 5) is 25.8.